The van der Waals surface area contributed by atoms with Crippen LogP contribution in [-0.2, 0) is 25.7 Å². The molecule has 4 aromatic carbocycles. The Balaban J connectivity index is 1.41. The highest BCUT2D eigenvalue weighted by Gasteiger charge is 2.22. The fourth-order valence-corrected chi connectivity index (χ4v) is 9.52. The monoisotopic (exact) mass is 933 g/mol. The summed E-state index contributed by atoms with van der Waals surface area (Å²) in [5, 5.41) is 0. The van der Waals surface area contributed by atoms with Crippen molar-refractivity contribution in [2.24, 2.45) is 20.0 Å². The molecule has 0 aliphatic heterocycles. The van der Waals surface area contributed by atoms with Crippen LogP contribution in [0.1, 0.15) is 213 Å². The highest BCUT2D eigenvalue weighted by molar-refractivity contribution is 6.04. The van der Waals surface area contributed by atoms with E-state index in [9.17, 15) is 0 Å². The summed E-state index contributed by atoms with van der Waals surface area (Å²) in [6, 6.07) is 31.0. The Hall–Kier alpha value is -6.14. The zero-order valence-electron chi connectivity index (χ0n) is 45.9. The standard InChI is InChI=1S/C64H80N6/c1-19-47-29-41(13)30-48(20-2)61(47)65-43(15)57-25-23-27-59(69-57)45(17)67-63-53(37(5)6)33-51(34-54(63)38(7)8)52-35-55(39(9)10)64(56(36-52)40(11)12)68-46(18)60-28-24-26-58(70-60)44(16)66-62-49(21-3)31-42(14)32-50(62)22-4/h23-40H,19-22H2,1-18H3. The number of aryl methyl sites for hydroxylation is 6. The summed E-state index contributed by atoms with van der Waals surface area (Å²) < 4.78 is 0. The van der Waals surface area contributed by atoms with Crippen molar-refractivity contribution in [2.45, 2.75) is 174 Å². The van der Waals surface area contributed by atoms with E-state index in [-0.39, 0.29) is 23.7 Å². The molecule has 0 bridgehead atoms. The normalized spacial score (nSPS) is 12.9. The molecule has 2 aromatic heterocycles. The molecule has 0 amide bonds. The van der Waals surface area contributed by atoms with Crippen molar-refractivity contribution in [1.82, 2.24) is 9.97 Å². The molecule has 0 aliphatic rings. The summed E-state index contributed by atoms with van der Waals surface area (Å²) in [6.07, 6.45) is 3.75. The molecule has 6 nitrogen and oxygen atoms in total. The van der Waals surface area contributed by atoms with Crippen molar-refractivity contribution < 1.29 is 0 Å². The molecule has 6 heteroatoms. The highest BCUT2D eigenvalue weighted by Crippen LogP contribution is 2.43. The zero-order valence-corrected chi connectivity index (χ0v) is 45.9. The number of aliphatic imine (C=N–C) groups is 4. The minimum Gasteiger partial charge on any atom is -0.251 e. The fourth-order valence-electron chi connectivity index (χ4n) is 9.52. The molecule has 0 saturated carbocycles. The molecule has 0 spiro atoms. The van der Waals surface area contributed by atoms with Crippen molar-refractivity contribution in [1.29, 1.82) is 0 Å². The molecule has 6 rings (SSSR count). The van der Waals surface area contributed by atoms with Gasteiger partial charge in [0.1, 0.15) is 0 Å². The van der Waals surface area contributed by atoms with Crippen LogP contribution < -0.4 is 0 Å². The van der Waals surface area contributed by atoms with E-state index in [0.717, 1.165) is 94.1 Å². The van der Waals surface area contributed by atoms with Crippen LogP contribution in [0, 0.1) is 13.8 Å². The summed E-state index contributed by atoms with van der Waals surface area (Å²) in [5.74, 6) is 0.961. The number of nitrogens with zero attached hydrogens (tertiary/aromatic N) is 6. The lowest BCUT2D eigenvalue weighted by Gasteiger charge is -2.23. The Labute approximate surface area is 422 Å². The first kappa shape index (κ1) is 53.2. The van der Waals surface area contributed by atoms with E-state index in [1.807, 2.05) is 0 Å². The Morgan fingerprint density at radius 3 is 0.814 bits per heavy atom. The Kier molecular flexibility index (Phi) is 17.6. The topological polar surface area (TPSA) is 75.2 Å². The molecule has 0 unspecified atom stereocenters. The lowest BCUT2D eigenvalue weighted by atomic mass is 9.85. The van der Waals surface area contributed by atoms with Crippen LogP contribution in [0.15, 0.2) is 105 Å². The third-order valence-electron chi connectivity index (χ3n) is 13.6. The first-order valence-electron chi connectivity index (χ1n) is 26.1. The van der Waals surface area contributed by atoms with Gasteiger partial charge in [-0.1, -0.05) is 131 Å². The second-order valence-corrected chi connectivity index (χ2v) is 20.5. The Morgan fingerprint density at radius 1 is 0.371 bits per heavy atom. The average Bonchev–Trinajstić information content (AvgIpc) is 3.34. The molecule has 0 N–H and O–H groups in total. The second-order valence-electron chi connectivity index (χ2n) is 20.5. The second kappa shape index (κ2) is 23.2. The van der Waals surface area contributed by atoms with E-state index in [2.05, 4.69) is 210 Å². The number of hydrogen-bond acceptors (Lipinski definition) is 6. The molecular weight excluding hydrogens is 853 g/mol. The van der Waals surface area contributed by atoms with Crippen LogP contribution >= 0.6 is 0 Å². The van der Waals surface area contributed by atoms with Crippen LogP contribution in [0.5, 0.6) is 0 Å². The van der Waals surface area contributed by atoms with Crippen molar-refractivity contribution in [3.05, 3.63) is 163 Å². The van der Waals surface area contributed by atoms with Gasteiger partial charge in [0.05, 0.1) is 68.4 Å². The van der Waals surface area contributed by atoms with Gasteiger partial charge in [-0.05, 0) is 195 Å². The zero-order chi connectivity index (χ0) is 51.1. The van der Waals surface area contributed by atoms with E-state index in [1.165, 1.54) is 66.8 Å². The number of pyridine rings is 2. The lowest BCUT2D eigenvalue weighted by molar-refractivity contribution is 0.831. The largest absolute Gasteiger partial charge is 0.251 e. The van der Waals surface area contributed by atoms with Crippen molar-refractivity contribution in [2.75, 3.05) is 0 Å². The van der Waals surface area contributed by atoms with Crippen LogP contribution in [-0.4, -0.2) is 32.8 Å². The van der Waals surface area contributed by atoms with Crippen LogP contribution in [0.2, 0.25) is 0 Å². The van der Waals surface area contributed by atoms with Crippen molar-refractivity contribution in [3.63, 3.8) is 0 Å². The summed E-state index contributed by atoms with van der Waals surface area (Å²) in [5.41, 5.74) is 26.3. The van der Waals surface area contributed by atoms with Gasteiger partial charge in [-0.25, -0.2) is 9.97 Å². The lowest BCUT2D eigenvalue weighted by Crippen LogP contribution is -2.07. The van der Waals surface area contributed by atoms with Crippen LogP contribution in [0.4, 0.5) is 22.7 Å². The quantitative estimate of drug-likeness (QED) is 0.0855. The highest BCUT2D eigenvalue weighted by atomic mass is 14.9. The number of aromatic nitrogens is 2. The predicted octanol–water partition coefficient (Wildman–Crippen LogP) is 18.1. The van der Waals surface area contributed by atoms with Gasteiger partial charge in [-0.15, -0.1) is 0 Å². The summed E-state index contributed by atoms with van der Waals surface area (Å²) in [7, 11) is 0. The number of hydrogen-bond donors (Lipinski definition) is 0. The summed E-state index contributed by atoms with van der Waals surface area (Å²) >= 11 is 0. The van der Waals surface area contributed by atoms with E-state index in [4.69, 9.17) is 29.9 Å². The molecule has 2 heterocycles. The van der Waals surface area contributed by atoms with Gasteiger partial charge < -0.3 is 0 Å². The van der Waals surface area contributed by atoms with Crippen molar-refractivity contribution in [3.8, 4) is 11.1 Å². The molecule has 0 atom stereocenters. The third kappa shape index (κ3) is 12.1. The smallest absolute Gasteiger partial charge is 0.0849 e. The maximum Gasteiger partial charge on any atom is 0.0849 e. The first-order chi connectivity index (χ1) is 33.3. The maximum absolute atomic E-state index is 5.46. The van der Waals surface area contributed by atoms with E-state index < -0.39 is 0 Å². The Morgan fingerprint density at radius 2 is 0.600 bits per heavy atom. The number of benzene rings is 4. The van der Waals surface area contributed by atoms with E-state index in [1.54, 1.807) is 0 Å². The van der Waals surface area contributed by atoms with Gasteiger partial charge in [0.2, 0.25) is 0 Å². The van der Waals surface area contributed by atoms with Gasteiger partial charge in [-0.3, -0.25) is 20.0 Å². The molecule has 0 radical (unpaired) electrons. The van der Waals surface area contributed by atoms with Crippen molar-refractivity contribution >= 4 is 45.6 Å². The van der Waals surface area contributed by atoms with Gasteiger partial charge in [0, 0.05) is 0 Å². The first-order valence-corrected chi connectivity index (χ1v) is 26.1. The molecule has 0 aliphatic carbocycles. The molecular formula is C64H80N6. The minimum atomic E-state index is 0.240. The molecule has 70 heavy (non-hydrogen) atoms. The third-order valence-corrected chi connectivity index (χ3v) is 13.6. The van der Waals surface area contributed by atoms with Gasteiger partial charge in [0.25, 0.3) is 0 Å². The van der Waals surface area contributed by atoms with Gasteiger partial charge in [-0.2, -0.15) is 0 Å². The van der Waals surface area contributed by atoms with E-state index >= 15 is 0 Å². The van der Waals surface area contributed by atoms with Gasteiger partial charge in [0.15, 0.2) is 0 Å². The number of rotatable bonds is 17. The summed E-state index contributed by atoms with van der Waals surface area (Å²) in [4.78, 5) is 31.7. The van der Waals surface area contributed by atoms with Gasteiger partial charge >= 0.3 is 0 Å². The minimum absolute atomic E-state index is 0.240. The predicted molar refractivity (Wildman–Crippen MR) is 304 cm³/mol. The molecule has 366 valence electrons. The molecule has 0 fully saturated rings. The average molecular weight is 933 g/mol. The maximum atomic E-state index is 5.46. The summed E-state index contributed by atoms with van der Waals surface area (Å²) in [6.45, 7) is 39.7. The Bertz CT molecular complexity index is 2680. The SMILES string of the molecule is CCc1cc(C)cc(CC)c1N=C(C)c1cccc(C(C)=Nc2c(C(C)C)cc(-c3cc(C(C)C)c(N=C(C)c4cccc(C(C)=Nc5c(CC)cc(C)cc5CC)n4)c(C(C)C)c3)cc2C(C)C)n1. The van der Waals surface area contributed by atoms with Crippen LogP contribution in [0.3, 0.4) is 0 Å². The molecule has 0 saturated heterocycles. The molecule has 6 aromatic rings. The fraction of sp³-hybridized carbons (Fsp3) is 0.406. The van der Waals surface area contributed by atoms with Crippen LogP contribution in [0.25, 0.3) is 11.1 Å². The van der Waals surface area contributed by atoms with E-state index in [0.29, 0.717) is 0 Å².